The second-order valence-electron chi connectivity index (χ2n) is 5.50. The normalized spacial score (nSPS) is 16.5. The number of rotatable bonds is 3. The van der Waals surface area contributed by atoms with Gasteiger partial charge in [0.2, 0.25) is 11.8 Å². The van der Waals surface area contributed by atoms with Crippen LogP contribution >= 0.6 is 11.3 Å². The molecular weight excluding hydrogens is 274 g/mol. The number of amides is 2. The first kappa shape index (κ1) is 15.0. The molecule has 1 aromatic heterocycles. The third-order valence-corrected chi connectivity index (χ3v) is 4.43. The summed E-state index contributed by atoms with van der Waals surface area (Å²) in [6, 6.07) is 0. The third-order valence-electron chi connectivity index (χ3n) is 3.65. The van der Waals surface area contributed by atoms with Crippen molar-refractivity contribution in [3.63, 3.8) is 0 Å². The summed E-state index contributed by atoms with van der Waals surface area (Å²) in [5.41, 5.74) is 1.01. The summed E-state index contributed by atoms with van der Waals surface area (Å²) >= 11 is 1.47. The van der Waals surface area contributed by atoms with E-state index in [1.165, 1.54) is 11.3 Å². The van der Waals surface area contributed by atoms with Gasteiger partial charge in [0.1, 0.15) is 0 Å². The van der Waals surface area contributed by atoms with E-state index in [9.17, 15) is 9.59 Å². The van der Waals surface area contributed by atoms with Crippen molar-refractivity contribution in [1.29, 1.82) is 0 Å². The van der Waals surface area contributed by atoms with Crippen molar-refractivity contribution in [2.24, 2.45) is 5.92 Å². The number of hydrogen-bond donors (Lipinski definition) is 1. The first-order valence-corrected chi connectivity index (χ1v) is 7.87. The fourth-order valence-electron chi connectivity index (χ4n) is 2.27. The molecule has 2 amide bonds. The highest BCUT2D eigenvalue weighted by Gasteiger charge is 2.26. The molecule has 1 saturated heterocycles. The second kappa shape index (κ2) is 6.35. The topological polar surface area (TPSA) is 62.3 Å². The summed E-state index contributed by atoms with van der Waals surface area (Å²) in [6.45, 7) is 7.07. The summed E-state index contributed by atoms with van der Waals surface area (Å²) in [6.07, 6.45) is 1.46. The van der Waals surface area contributed by atoms with E-state index < -0.39 is 0 Å². The molecule has 20 heavy (non-hydrogen) atoms. The van der Waals surface area contributed by atoms with Crippen molar-refractivity contribution in [3.8, 4) is 0 Å². The van der Waals surface area contributed by atoms with Crippen LogP contribution in [0, 0.1) is 5.92 Å². The van der Waals surface area contributed by atoms with Gasteiger partial charge < -0.3 is 10.2 Å². The number of carbonyl (C=O) groups excluding carboxylic acids is 2. The fraction of sp³-hybridized carbons (Fsp3) is 0.643. The van der Waals surface area contributed by atoms with E-state index in [-0.39, 0.29) is 17.7 Å². The molecule has 0 unspecified atom stereocenters. The smallest absolute Gasteiger partial charge is 0.229 e. The summed E-state index contributed by atoms with van der Waals surface area (Å²) < 4.78 is 0. The van der Waals surface area contributed by atoms with Crippen molar-refractivity contribution in [1.82, 2.24) is 9.88 Å². The van der Waals surface area contributed by atoms with Crippen LogP contribution in [0.4, 0.5) is 5.13 Å². The Hall–Kier alpha value is -1.43. The number of aromatic nitrogens is 1. The first-order chi connectivity index (χ1) is 9.47. The van der Waals surface area contributed by atoms with Gasteiger partial charge in [-0.15, -0.1) is 11.3 Å². The molecule has 0 saturated carbocycles. The van der Waals surface area contributed by atoms with Gasteiger partial charge in [-0.1, -0.05) is 13.8 Å². The zero-order valence-corrected chi connectivity index (χ0v) is 13.0. The second-order valence-corrected chi connectivity index (χ2v) is 6.36. The minimum atomic E-state index is -0.0167. The molecule has 1 aromatic rings. The van der Waals surface area contributed by atoms with Crippen LogP contribution in [0.3, 0.4) is 0 Å². The summed E-state index contributed by atoms with van der Waals surface area (Å²) in [5, 5.41) is 5.55. The zero-order chi connectivity index (χ0) is 14.7. The Kier molecular flexibility index (Phi) is 4.75. The van der Waals surface area contributed by atoms with E-state index in [4.69, 9.17) is 0 Å². The summed E-state index contributed by atoms with van der Waals surface area (Å²) in [4.78, 5) is 29.6. The molecule has 1 aliphatic rings. The highest BCUT2D eigenvalue weighted by molar-refractivity contribution is 7.13. The number of nitrogens with zero attached hydrogens (tertiary/aromatic N) is 2. The molecule has 0 spiro atoms. The van der Waals surface area contributed by atoms with Crippen LogP contribution in [0.25, 0.3) is 0 Å². The maximum absolute atomic E-state index is 12.2. The first-order valence-electron chi connectivity index (χ1n) is 6.99. The molecule has 2 heterocycles. The number of carbonyl (C=O) groups is 2. The van der Waals surface area contributed by atoms with Gasteiger partial charge >= 0.3 is 0 Å². The molecule has 0 radical (unpaired) electrons. The summed E-state index contributed by atoms with van der Waals surface area (Å²) in [7, 11) is 0. The van der Waals surface area contributed by atoms with E-state index in [0.717, 1.165) is 18.5 Å². The lowest BCUT2D eigenvalue weighted by Gasteiger charge is -2.30. The van der Waals surface area contributed by atoms with Crippen molar-refractivity contribution >= 4 is 28.3 Å². The number of likely N-dealkylation sites (tertiary alicyclic amines) is 1. The van der Waals surface area contributed by atoms with Crippen molar-refractivity contribution < 1.29 is 9.59 Å². The molecular formula is C14H21N3O2S. The molecule has 0 atom stereocenters. The van der Waals surface area contributed by atoms with Gasteiger partial charge in [0.25, 0.3) is 0 Å². The summed E-state index contributed by atoms with van der Waals surface area (Å²) in [5.74, 6) is 0.468. The Morgan fingerprint density at radius 1 is 1.40 bits per heavy atom. The van der Waals surface area contributed by atoms with Gasteiger partial charge in [-0.25, -0.2) is 4.98 Å². The Morgan fingerprint density at radius 3 is 2.55 bits per heavy atom. The Labute approximate surface area is 123 Å². The molecule has 6 heteroatoms. The molecule has 5 nitrogen and oxygen atoms in total. The van der Waals surface area contributed by atoms with Crippen LogP contribution < -0.4 is 5.32 Å². The third kappa shape index (κ3) is 3.56. The van der Waals surface area contributed by atoms with Crippen molar-refractivity contribution in [2.75, 3.05) is 18.4 Å². The lowest BCUT2D eigenvalue weighted by molar-refractivity contribution is -0.132. The lowest BCUT2D eigenvalue weighted by atomic mass is 9.96. The van der Waals surface area contributed by atoms with Gasteiger partial charge in [-0.2, -0.15) is 0 Å². The van der Waals surface area contributed by atoms with Crippen molar-refractivity contribution in [3.05, 3.63) is 11.1 Å². The largest absolute Gasteiger partial charge is 0.343 e. The van der Waals surface area contributed by atoms with E-state index >= 15 is 0 Å². The Bertz CT molecular complexity index is 490. The van der Waals surface area contributed by atoms with Crippen molar-refractivity contribution in [2.45, 2.75) is 39.5 Å². The van der Waals surface area contributed by atoms with Gasteiger partial charge in [-0.05, 0) is 18.8 Å². The lowest BCUT2D eigenvalue weighted by Crippen LogP contribution is -2.40. The maximum Gasteiger partial charge on any atom is 0.229 e. The molecule has 0 bridgehead atoms. The highest BCUT2D eigenvalue weighted by Crippen LogP contribution is 2.24. The van der Waals surface area contributed by atoms with Crippen LogP contribution in [0.15, 0.2) is 5.38 Å². The quantitative estimate of drug-likeness (QED) is 0.931. The van der Waals surface area contributed by atoms with Crippen LogP contribution in [0.1, 0.15) is 45.2 Å². The molecule has 0 aliphatic carbocycles. The van der Waals surface area contributed by atoms with Gasteiger partial charge in [0.05, 0.1) is 5.69 Å². The Balaban J connectivity index is 1.87. The SMILES string of the molecule is CC(=O)N1CCC(C(=O)Nc2nc(C(C)C)cs2)CC1. The molecule has 2 rings (SSSR count). The van der Waals surface area contributed by atoms with Crippen LogP contribution in [0.5, 0.6) is 0 Å². The number of piperidine rings is 1. The van der Waals surface area contributed by atoms with Crippen LogP contribution in [-0.2, 0) is 9.59 Å². The van der Waals surface area contributed by atoms with Crippen LogP contribution in [-0.4, -0.2) is 34.8 Å². The number of anilines is 1. The van der Waals surface area contributed by atoms with E-state index in [2.05, 4.69) is 24.1 Å². The van der Waals surface area contributed by atoms with Gasteiger partial charge in [-0.3, -0.25) is 9.59 Å². The predicted molar refractivity (Wildman–Crippen MR) is 79.8 cm³/mol. The zero-order valence-electron chi connectivity index (χ0n) is 12.2. The van der Waals surface area contributed by atoms with E-state index in [1.807, 2.05) is 5.38 Å². The predicted octanol–water partition coefficient (Wildman–Crippen LogP) is 2.46. The average molecular weight is 295 g/mol. The molecule has 1 aliphatic heterocycles. The standard InChI is InChI=1S/C14H21N3O2S/c1-9(2)12-8-20-14(15-12)16-13(19)11-4-6-17(7-5-11)10(3)18/h8-9,11H,4-7H2,1-3H3,(H,15,16,19). The molecule has 1 fully saturated rings. The highest BCUT2D eigenvalue weighted by atomic mass is 32.1. The van der Waals surface area contributed by atoms with Gasteiger partial charge in [0.15, 0.2) is 5.13 Å². The number of thiazole rings is 1. The Morgan fingerprint density at radius 2 is 2.05 bits per heavy atom. The minimum absolute atomic E-state index is 0.0167. The molecule has 1 N–H and O–H groups in total. The van der Waals surface area contributed by atoms with Crippen LogP contribution in [0.2, 0.25) is 0 Å². The average Bonchev–Trinajstić information content (AvgIpc) is 2.87. The molecule has 0 aromatic carbocycles. The monoisotopic (exact) mass is 295 g/mol. The minimum Gasteiger partial charge on any atom is -0.343 e. The fourth-order valence-corrected chi connectivity index (χ4v) is 3.15. The van der Waals surface area contributed by atoms with E-state index in [0.29, 0.717) is 24.1 Å². The maximum atomic E-state index is 12.2. The molecule has 110 valence electrons. The van der Waals surface area contributed by atoms with E-state index in [1.54, 1.807) is 11.8 Å². The number of hydrogen-bond acceptors (Lipinski definition) is 4. The number of nitrogens with one attached hydrogen (secondary N) is 1. The van der Waals surface area contributed by atoms with Gasteiger partial charge in [0, 0.05) is 31.3 Å².